The van der Waals surface area contributed by atoms with Crippen LogP contribution in [0.25, 0.3) is 5.57 Å². The standard InChI is InChI=1S/C78H70F2N2/c1-53-47-54(2)49-57(48-53)75(55-39-43-65(44-40-55)81-71-35-19-15-31-67(71)77(59-23-7-3-8-24-59,60-25-9-4-10-26-60)68-32-16-20-36-72(68)81)76(58-50-63(79)52-64(80)51-58)56-41-45-66(46-42-56)82-73-37-21-17-33-69(73)78(61-27-11-5-12-28-61,62-29-13-6-14-30-62)70-34-18-22-38-74(70)82/h3-5,7-13,15-17,19-21,23-33,35-37,39-41,43-45,47-50,52,56,58,66,70,74H,6,14,18,22,34,38,42,46,51H2,1-2H3/b76-75+. The molecule has 1 saturated carbocycles. The third-order valence-corrected chi connectivity index (χ3v) is 19.2. The predicted molar refractivity (Wildman–Crippen MR) is 335 cm³/mol. The van der Waals surface area contributed by atoms with E-state index < -0.39 is 23.0 Å². The Morgan fingerprint density at radius 3 is 1.71 bits per heavy atom. The van der Waals surface area contributed by atoms with Gasteiger partial charge in [0.15, 0.2) is 0 Å². The number of halogens is 2. The normalized spacial score (nSPS) is 23.7. The molecule has 8 aromatic rings. The molecule has 2 nitrogen and oxygen atoms in total. The quantitative estimate of drug-likeness (QED) is 0.126. The Morgan fingerprint density at radius 2 is 1.11 bits per heavy atom. The summed E-state index contributed by atoms with van der Waals surface area (Å²) < 4.78 is 32.0. The fraction of sp³-hybridized carbons (Fsp3) is 0.231. The summed E-state index contributed by atoms with van der Waals surface area (Å²) in [7, 11) is 0. The number of allylic oxidation sites excluding steroid dienone is 10. The fourth-order valence-electron chi connectivity index (χ4n) is 16.2. The summed E-state index contributed by atoms with van der Waals surface area (Å²) in [6.45, 7) is 4.31. The second-order valence-corrected chi connectivity index (χ2v) is 23.9. The van der Waals surface area contributed by atoms with Crippen molar-refractivity contribution in [3.05, 3.63) is 327 Å². The van der Waals surface area contributed by atoms with Crippen molar-refractivity contribution in [2.75, 3.05) is 9.80 Å². The van der Waals surface area contributed by atoms with Crippen molar-refractivity contribution in [1.29, 1.82) is 0 Å². The minimum absolute atomic E-state index is 0.0697. The monoisotopic (exact) mass is 1070 g/mol. The van der Waals surface area contributed by atoms with E-state index in [4.69, 9.17) is 0 Å². The van der Waals surface area contributed by atoms with Crippen LogP contribution < -0.4 is 9.80 Å². The lowest BCUT2D eigenvalue weighted by molar-refractivity contribution is 0.200. The van der Waals surface area contributed by atoms with Crippen LogP contribution in [0, 0.1) is 31.6 Å². The molecule has 6 aliphatic rings. The molecule has 0 aromatic heterocycles. The van der Waals surface area contributed by atoms with Crippen molar-refractivity contribution in [3.63, 3.8) is 0 Å². The van der Waals surface area contributed by atoms with Crippen molar-refractivity contribution in [2.24, 2.45) is 17.8 Å². The zero-order chi connectivity index (χ0) is 55.4. The van der Waals surface area contributed by atoms with Crippen LogP contribution in [0.5, 0.6) is 0 Å². The number of nitrogens with zero attached hydrogens (tertiary/aromatic N) is 2. The second-order valence-electron chi connectivity index (χ2n) is 23.9. The maximum Gasteiger partial charge on any atom is 0.122 e. The number of hydrogen-bond donors (Lipinski definition) is 0. The van der Waals surface area contributed by atoms with Gasteiger partial charge in [0.25, 0.3) is 0 Å². The Kier molecular flexibility index (Phi) is 13.6. The second kappa shape index (κ2) is 21.5. The zero-order valence-electron chi connectivity index (χ0n) is 47.1. The molecule has 6 atom stereocenters. The average Bonchev–Trinajstić information content (AvgIpc) is 1.17. The Morgan fingerprint density at radius 1 is 0.524 bits per heavy atom. The van der Waals surface area contributed by atoms with Crippen LogP contribution in [-0.4, -0.2) is 12.1 Å². The van der Waals surface area contributed by atoms with Crippen molar-refractivity contribution in [2.45, 2.75) is 94.5 Å². The molecule has 0 N–H and O–H groups in total. The Balaban J connectivity index is 0.904. The van der Waals surface area contributed by atoms with Gasteiger partial charge in [0.2, 0.25) is 0 Å². The summed E-state index contributed by atoms with van der Waals surface area (Å²) in [5.41, 5.74) is 19.4. The maximum absolute atomic E-state index is 16.0. The molecule has 406 valence electrons. The molecule has 1 fully saturated rings. The van der Waals surface area contributed by atoms with Crippen molar-refractivity contribution < 1.29 is 8.78 Å². The zero-order valence-corrected chi connectivity index (χ0v) is 47.1. The van der Waals surface area contributed by atoms with E-state index in [9.17, 15) is 0 Å². The van der Waals surface area contributed by atoms with Crippen LogP contribution >= 0.6 is 0 Å². The van der Waals surface area contributed by atoms with Crippen molar-refractivity contribution >= 4 is 28.3 Å². The van der Waals surface area contributed by atoms with Gasteiger partial charge in [0.05, 0.1) is 22.2 Å². The molecule has 6 unspecified atom stereocenters. The molecule has 4 aliphatic carbocycles. The van der Waals surface area contributed by atoms with E-state index in [1.54, 1.807) is 6.08 Å². The molecule has 0 bridgehead atoms. The lowest BCUT2D eigenvalue weighted by Gasteiger charge is -2.59. The summed E-state index contributed by atoms with van der Waals surface area (Å²) in [4.78, 5) is 5.25. The van der Waals surface area contributed by atoms with Crippen LogP contribution in [0.4, 0.5) is 31.5 Å². The highest BCUT2D eigenvalue weighted by molar-refractivity contribution is 5.91. The van der Waals surface area contributed by atoms with Gasteiger partial charge in [-0.05, 0) is 162 Å². The smallest absolute Gasteiger partial charge is 0.122 e. The fourth-order valence-corrected chi connectivity index (χ4v) is 16.2. The summed E-state index contributed by atoms with van der Waals surface area (Å²) in [5, 5.41) is 0. The highest BCUT2D eigenvalue weighted by Crippen LogP contribution is 2.61. The summed E-state index contributed by atoms with van der Waals surface area (Å²) >= 11 is 0. The molecule has 8 aromatic carbocycles. The highest BCUT2D eigenvalue weighted by Gasteiger charge is 2.55. The van der Waals surface area contributed by atoms with Gasteiger partial charge in [-0.2, -0.15) is 0 Å². The van der Waals surface area contributed by atoms with E-state index in [-0.39, 0.29) is 23.8 Å². The van der Waals surface area contributed by atoms with Crippen LogP contribution in [0.2, 0.25) is 0 Å². The third-order valence-electron chi connectivity index (χ3n) is 19.2. The maximum atomic E-state index is 16.0. The molecular weight excluding hydrogens is 1000 g/mol. The molecular formula is C78H70F2N2. The molecule has 4 heteroatoms. The van der Waals surface area contributed by atoms with E-state index in [0.29, 0.717) is 12.0 Å². The molecule has 14 rings (SSSR count). The predicted octanol–water partition coefficient (Wildman–Crippen LogP) is 20.0. The van der Waals surface area contributed by atoms with E-state index in [2.05, 4.69) is 260 Å². The highest BCUT2D eigenvalue weighted by atomic mass is 19.1. The first-order chi connectivity index (χ1) is 40.3. The van der Waals surface area contributed by atoms with Crippen molar-refractivity contribution in [3.8, 4) is 0 Å². The summed E-state index contributed by atoms with van der Waals surface area (Å²) in [6.07, 6.45) is 23.8. The largest absolute Gasteiger partial charge is 0.362 e. The number of anilines is 4. The Hall–Kier alpha value is -8.34. The topological polar surface area (TPSA) is 6.48 Å². The van der Waals surface area contributed by atoms with Gasteiger partial charge in [0.1, 0.15) is 11.7 Å². The number of rotatable bonds is 10. The van der Waals surface area contributed by atoms with E-state index in [0.717, 1.165) is 95.1 Å². The van der Waals surface area contributed by atoms with Gasteiger partial charge in [-0.25, -0.2) is 8.78 Å². The minimum Gasteiger partial charge on any atom is -0.362 e. The number of fused-ring (bicyclic) bond motifs is 4. The molecule has 2 heterocycles. The van der Waals surface area contributed by atoms with Gasteiger partial charge in [-0.15, -0.1) is 0 Å². The lowest BCUT2D eigenvalue weighted by Crippen LogP contribution is -2.59. The Labute approximate surface area is 483 Å². The lowest BCUT2D eigenvalue weighted by atomic mass is 9.53. The first-order valence-corrected chi connectivity index (χ1v) is 30.1. The number of para-hydroxylation sites is 3. The molecule has 82 heavy (non-hydrogen) atoms. The minimum atomic E-state index is -0.578. The first kappa shape index (κ1) is 51.8. The van der Waals surface area contributed by atoms with Gasteiger partial charge in [-0.1, -0.05) is 230 Å². The number of benzene rings is 8. The molecule has 0 saturated heterocycles. The summed E-state index contributed by atoms with van der Waals surface area (Å²) in [6, 6.07) is 76.6. The van der Waals surface area contributed by atoms with Gasteiger partial charge >= 0.3 is 0 Å². The van der Waals surface area contributed by atoms with Crippen molar-refractivity contribution in [1.82, 2.24) is 0 Å². The van der Waals surface area contributed by atoms with Crippen LogP contribution in [0.3, 0.4) is 0 Å². The molecule has 0 amide bonds. The third kappa shape index (κ3) is 8.63. The van der Waals surface area contributed by atoms with E-state index in [1.165, 1.54) is 57.5 Å². The number of aryl methyl sites for hydroxylation is 2. The molecule has 0 spiro atoms. The van der Waals surface area contributed by atoms with Gasteiger partial charge in [-0.3, -0.25) is 0 Å². The van der Waals surface area contributed by atoms with E-state index >= 15 is 8.78 Å². The van der Waals surface area contributed by atoms with Gasteiger partial charge < -0.3 is 9.80 Å². The van der Waals surface area contributed by atoms with Crippen LogP contribution in [-0.2, 0) is 10.8 Å². The summed E-state index contributed by atoms with van der Waals surface area (Å²) in [5.74, 6) is -1.10. The molecule has 0 radical (unpaired) electrons. The first-order valence-electron chi connectivity index (χ1n) is 30.1. The molecule has 2 aliphatic heterocycles. The SMILES string of the molecule is Cc1cc(C)cc(/C(=C(\C2C=CC(N3c4ccccc4C(C4=CCCC=C4)(c4ccccc4)C4CCCCC43)CC2)C2C=C(F)C=C(F)C2)c2ccc(N3c4ccccc4C(c4ccccc4)(c4ccccc4)c4ccccc43)cc2)c1. The van der Waals surface area contributed by atoms with E-state index in [1.807, 2.05) is 0 Å². The van der Waals surface area contributed by atoms with Crippen LogP contribution in [0.15, 0.2) is 272 Å². The van der Waals surface area contributed by atoms with Gasteiger partial charge in [0, 0.05) is 41.9 Å². The number of hydrogen-bond acceptors (Lipinski definition) is 2. The average molecular weight is 1070 g/mol. The van der Waals surface area contributed by atoms with Crippen LogP contribution in [0.1, 0.15) is 113 Å². The Bertz CT molecular complexity index is 3770.